The van der Waals surface area contributed by atoms with Crippen molar-refractivity contribution < 1.29 is 14.3 Å². The standard InChI is InChI=1S/C11H16N4O3/c1-18-10(16)6-8-11(17)14-4-5-15(8)7-9-12-2-3-13-9/h2-3,8H,4-7H2,1H3,(H,12,13)(H,14,17)/t8-/m0/s1. The fraction of sp³-hybridized carbons (Fsp3) is 0.545. The molecule has 0 spiro atoms. The molecule has 7 heteroatoms. The Morgan fingerprint density at radius 3 is 3.17 bits per heavy atom. The molecular weight excluding hydrogens is 236 g/mol. The highest BCUT2D eigenvalue weighted by Crippen LogP contribution is 2.12. The van der Waals surface area contributed by atoms with Crippen LogP contribution in [0.2, 0.25) is 0 Å². The average molecular weight is 252 g/mol. The molecule has 0 bridgehead atoms. The Kier molecular flexibility index (Phi) is 3.93. The first kappa shape index (κ1) is 12.6. The van der Waals surface area contributed by atoms with E-state index in [0.717, 1.165) is 5.82 Å². The Hall–Kier alpha value is -1.89. The number of amides is 1. The van der Waals surface area contributed by atoms with Crippen molar-refractivity contribution in [3.8, 4) is 0 Å². The van der Waals surface area contributed by atoms with Crippen LogP contribution in [-0.2, 0) is 20.9 Å². The van der Waals surface area contributed by atoms with E-state index in [1.54, 1.807) is 12.4 Å². The Balaban J connectivity index is 2.04. The minimum Gasteiger partial charge on any atom is -0.469 e. The first-order valence-corrected chi connectivity index (χ1v) is 5.77. The van der Waals surface area contributed by atoms with E-state index in [1.807, 2.05) is 4.90 Å². The van der Waals surface area contributed by atoms with Crippen molar-refractivity contribution in [2.45, 2.75) is 19.0 Å². The van der Waals surface area contributed by atoms with Crippen LogP contribution in [0.1, 0.15) is 12.2 Å². The van der Waals surface area contributed by atoms with Crippen molar-refractivity contribution in [2.24, 2.45) is 0 Å². The van der Waals surface area contributed by atoms with Crippen LogP contribution in [0.15, 0.2) is 12.4 Å². The van der Waals surface area contributed by atoms with Crippen LogP contribution in [-0.4, -0.2) is 53.0 Å². The molecule has 2 rings (SSSR count). The third kappa shape index (κ3) is 2.86. The molecule has 0 aliphatic carbocycles. The van der Waals surface area contributed by atoms with E-state index < -0.39 is 6.04 Å². The van der Waals surface area contributed by atoms with Crippen LogP contribution in [0.5, 0.6) is 0 Å². The van der Waals surface area contributed by atoms with Crippen molar-refractivity contribution in [3.05, 3.63) is 18.2 Å². The van der Waals surface area contributed by atoms with Gasteiger partial charge < -0.3 is 15.0 Å². The first-order valence-electron chi connectivity index (χ1n) is 5.77. The average Bonchev–Trinajstić information content (AvgIpc) is 2.86. The monoisotopic (exact) mass is 252 g/mol. The van der Waals surface area contributed by atoms with E-state index in [-0.39, 0.29) is 18.3 Å². The summed E-state index contributed by atoms with van der Waals surface area (Å²) in [5, 5.41) is 2.75. The molecule has 1 fully saturated rings. The molecular formula is C11H16N4O3. The van der Waals surface area contributed by atoms with Crippen molar-refractivity contribution in [3.63, 3.8) is 0 Å². The van der Waals surface area contributed by atoms with Gasteiger partial charge in [-0.2, -0.15) is 0 Å². The summed E-state index contributed by atoms with van der Waals surface area (Å²) < 4.78 is 4.62. The Morgan fingerprint density at radius 1 is 1.67 bits per heavy atom. The molecule has 18 heavy (non-hydrogen) atoms. The van der Waals surface area contributed by atoms with Crippen molar-refractivity contribution in [1.82, 2.24) is 20.2 Å². The number of esters is 1. The highest BCUT2D eigenvalue weighted by molar-refractivity contribution is 5.87. The van der Waals surface area contributed by atoms with Gasteiger partial charge in [0.15, 0.2) is 0 Å². The molecule has 2 heterocycles. The van der Waals surface area contributed by atoms with Gasteiger partial charge >= 0.3 is 5.97 Å². The van der Waals surface area contributed by atoms with Crippen LogP contribution in [0.25, 0.3) is 0 Å². The molecule has 1 aliphatic heterocycles. The van der Waals surface area contributed by atoms with E-state index in [1.165, 1.54) is 7.11 Å². The summed E-state index contributed by atoms with van der Waals surface area (Å²) >= 11 is 0. The molecule has 1 aromatic rings. The number of aromatic amines is 1. The second kappa shape index (κ2) is 5.63. The zero-order chi connectivity index (χ0) is 13.0. The van der Waals surface area contributed by atoms with Crippen molar-refractivity contribution >= 4 is 11.9 Å². The molecule has 1 aliphatic rings. The lowest BCUT2D eigenvalue weighted by Crippen LogP contribution is -2.55. The number of aromatic nitrogens is 2. The number of nitrogens with zero attached hydrogens (tertiary/aromatic N) is 2. The van der Waals surface area contributed by atoms with Gasteiger partial charge in [-0.25, -0.2) is 4.98 Å². The summed E-state index contributed by atoms with van der Waals surface area (Å²) in [4.78, 5) is 32.2. The third-order valence-electron chi connectivity index (χ3n) is 2.94. The van der Waals surface area contributed by atoms with Crippen LogP contribution in [0, 0.1) is 0 Å². The quantitative estimate of drug-likeness (QED) is 0.690. The molecule has 2 N–H and O–H groups in total. The number of ether oxygens (including phenoxy) is 1. The topological polar surface area (TPSA) is 87.3 Å². The largest absolute Gasteiger partial charge is 0.469 e. The molecule has 1 aromatic heterocycles. The molecule has 0 radical (unpaired) electrons. The zero-order valence-electron chi connectivity index (χ0n) is 10.2. The fourth-order valence-corrected chi connectivity index (χ4v) is 1.99. The third-order valence-corrected chi connectivity index (χ3v) is 2.94. The first-order chi connectivity index (χ1) is 8.70. The lowest BCUT2D eigenvalue weighted by Gasteiger charge is -2.33. The van der Waals surface area contributed by atoms with Gasteiger partial charge in [-0.15, -0.1) is 0 Å². The highest BCUT2D eigenvalue weighted by Gasteiger charge is 2.32. The SMILES string of the molecule is COC(=O)C[C@H]1C(=O)NCCN1Cc1ncc[nH]1. The van der Waals surface area contributed by atoms with Crippen LogP contribution in [0.4, 0.5) is 0 Å². The van der Waals surface area contributed by atoms with E-state index in [2.05, 4.69) is 20.0 Å². The smallest absolute Gasteiger partial charge is 0.307 e. The maximum absolute atomic E-state index is 11.8. The molecule has 1 atom stereocenters. The normalized spacial score (nSPS) is 20.5. The highest BCUT2D eigenvalue weighted by atomic mass is 16.5. The van der Waals surface area contributed by atoms with E-state index in [4.69, 9.17) is 0 Å². The van der Waals surface area contributed by atoms with Gasteiger partial charge in [0, 0.05) is 25.5 Å². The summed E-state index contributed by atoms with van der Waals surface area (Å²) in [6.45, 7) is 1.79. The van der Waals surface area contributed by atoms with Crippen LogP contribution < -0.4 is 5.32 Å². The number of hydrogen-bond donors (Lipinski definition) is 2. The summed E-state index contributed by atoms with van der Waals surface area (Å²) in [6.07, 6.45) is 3.45. The summed E-state index contributed by atoms with van der Waals surface area (Å²) in [7, 11) is 1.32. The van der Waals surface area contributed by atoms with Gasteiger partial charge in [-0.3, -0.25) is 14.5 Å². The van der Waals surface area contributed by atoms with E-state index in [9.17, 15) is 9.59 Å². The number of methoxy groups -OCH3 is 1. The number of carbonyl (C=O) groups is 2. The number of nitrogens with one attached hydrogen (secondary N) is 2. The molecule has 0 unspecified atom stereocenters. The molecule has 0 saturated carbocycles. The Labute approximate surface area is 105 Å². The minimum atomic E-state index is -0.490. The number of imidazole rings is 1. The van der Waals surface area contributed by atoms with Gasteiger partial charge in [0.1, 0.15) is 11.9 Å². The lowest BCUT2D eigenvalue weighted by molar-refractivity contribution is -0.146. The molecule has 1 saturated heterocycles. The van der Waals surface area contributed by atoms with Gasteiger partial charge in [0.25, 0.3) is 0 Å². The minimum absolute atomic E-state index is 0.0586. The fourth-order valence-electron chi connectivity index (χ4n) is 1.99. The second-order valence-corrected chi connectivity index (χ2v) is 4.09. The van der Waals surface area contributed by atoms with Gasteiger partial charge in [0.2, 0.25) is 5.91 Å². The Bertz CT molecular complexity index is 418. The second-order valence-electron chi connectivity index (χ2n) is 4.09. The predicted molar refractivity (Wildman–Crippen MR) is 62.4 cm³/mol. The van der Waals surface area contributed by atoms with Gasteiger partial charge in [0.05, 0.1) is 20.1 Å². The van der Waals surface area contributed by atoms with E-state index >= 15 is 0 Å². The maximum atomic E-state index is 11.8. The van der Waals surface area contributed by atoms with Crippen LogP contribution in [0.3, 0.4) is 0 Å². The molecule has 7 nitrogen and oxygen atoms in total. The van der Waals surface area contributed by atoms with Gasteiger partial charge in [-0.05, 0) is 0 Å². The van der Waals surface area contributed by atoms with Crippen molar-refractivity contribution in [1.29, 1.82) is 0 Å². The number of hydrogen-bond acceptors (Lipinski definition) is 5. The number of piperazine rings is 1. The van der Waals surface area contributed by atoms with Gasteiger partial charge in [-0.1, -0.05) is 0 Å². The summed E-state index contributed by atoms with van der Waals surface area (Å²) in [5.41, 5.74) is 0. The number of H-pyrrole nitrogens is 1. The lowest BCUT2D eigenvalue weighted by atomic mass is 10.1. The Morgan fingerprint density at radius 2 is 2.50 bits per heavy atom. The summed E-state index contributed by atoms with van der Waals surface area (Å²) in [6, 6.07) is -0.490. The van der Waals surface area contributed by atoms with Crippen LogP contribution >= 0.6 is 0 Å². The summed E-state index contributed by atoms with van der Waals surface area (Å²) in [5.74, 6) is 0.249. The molecule has 0 aromatic carbocycles. The molecule has 98 valence electrons. The number of carbonyl (C=O) groups excluding carboxylic acids is 2. The zero-order valence-corrected chi connectivity index (χ0v) is 10.2. The van der Waals surface area contributed by atoms with E-state index in [0.29, 0.717) is 19.6 Å². The predicted octanol–water partition coefficient (Wildman–Crippen LogP) is -0.727. The number of rotatable bonds is 4. The maximum Gasteiger partial charge on any atom is 0.307 e. The molecule has 1 amide bonds. The van der Waals surface area contributed by atoms with Crippen molar-refractivity contribution in [2.75, 3.05) is 20.2 Å².